The van der Waals surface area contributed by atoms with Crippen LogP contribution in [-0.2, 0) is 6.42 Å². The van der Waals surface area contributed by atoms with E-state index >= 15 is 0 Å². The first-order chi connectivity index (χ1) is 14.8. The summed E-state index contributed by atoms with van der Waals surface area (Å²) in [5.74, 6) is 1.91. The van der Waals surface area contributed by atoms with Gasteiger partial charge in [-0.1, -0.05) is 90.6 Å². The van der Waals surface area contributed by atoms with Crippen molar-refractivity contribution in [2.24, 2.45) is 0 Å². The average Bonchev–Trinajstić information content (AvgIpc) is 3.20. The van der Waals surface area contributed by atoms with Gasteiger partial charge in [0.05, 0.1) is 0 Å². The molecule has 0 saturated heterocycles. The second-order valence-corrected chi connectivity index (χ2v) is 8.04. The molecule has 5 heteroatoms. The Hall–Kier alpha value is -3.18. The number of benzene rings is 3. The van der Waals surface area contributed by atoms with Crippen LogP contribution in [0.3, 0.4) is 0 Å². The van der Waals surface area contributed by atoms with E-state index < -0.39 is 0 Å². The van der Waals surface area contributed by atoms with Crippen molar-refractivity contribution in [3.8, 4) is 5.69 Å². The summed E-state index contributed by atoms with van der Waals surface area (Å²) < 4.78 is 2.12. The van der Waals surface area contributed by atoms with E-state index in [1.807, 2.05) is 66.7 Å². The molecule has 150 valence electrons. The van der Waals surface area contributed by atoms with Crippen molar-refractivity contribution >= 4 is 17.5 Å². The van der Waals surface area contributed by atoms with Crippen molar-refractivity contribution < 1.29 is 4.79 Å². The minimum absolute atomic E-state index is 0.186. The lowest BCUT2D eigenvalue weighted by molar-refractivity contribution is 0.0982. The maximum absolute atomic E-state index is 12.3. The Morgan fingerprint density at radius 3 is 2.13 bits per heavy atom. The van der Waals surface area contributed by atoms with Crippen LogP contribution in [0.5, 0.6) is 0 Å². The summed E-state index contributed by atoms with van der Waals surface area (Å²) in [6.07, 6.45) is 2.05. The van der Waals surface area contributed by atoms with Crippen LogP contribution < -0.4 is 0 Å². The highest BCUT2D eigenvalue weighted by Gasteiger charge is 2.15. The number of hydrogen-bond acceptors (Lipinski definition) is 4. The van der Waals surface area contributed by atoms with Crippen LogP contribution >= 0.6 is 11.8 Å². The van der Waals surface area contributed by atoms with Crippen molar-refractivity contribution in [2.45, 2.75) is 24.4 Å². The van der Waals surface area contributed by atoms with Crippen molar-refractivity contribution in [3.05, 3.63) is 108 Å². The van der Waals surface area contributed by atoms with Gasteiger partial charge in [0.15, 0.2) is 10.9 Å². The molecule has 0 aliphatic rings. The zero-order chi connectivity index (χ0) is 20.6. The Bertz CT molecular complexity index is 1080. The first-order valence-corrected chi connectivity index (χ1v) is 11.0. The molecule has 1 aromatic heterocycles. The maximum atomic E-state index is 12.3. The van der Waals surface area contributed by atoms with E-state index in [1.165, 1.54) is 5.56 Å². The molecule has 3 aromatic carbocycles. The zero-order valence-corrected chi connectivity index (χ0v) is 17.5. The van der Waals surface area contributed by atoms with Crippen LogP contribution in [0.25, 0.3) is 5.69 Å². The number of thioether (sulfide) groups is 1. The van der Waals surface area contributed by atoms with Crippen molar-refractivity contribution in [1.82, 2.24) is 14.8 Å². The Labute approximate surface area is 181 Å². The summed E-state index contributed by atoms with van der Waals surface area (Å²) in [4.78, 5) is 12.3. The first-order valence-electron chi connectivity index (χ1n) is 10.1. The fraction of sp³-hybridized carbons (Fsp3) is 0.160. The largest absolute Gasteiger partial charge is 0.294 e. The molecule has 0 radical (unpaired) electrons. The third-order valence-corrected chi connectivity index (χ3v) is 5.81. The Morgan fingerprint density at radius 1 is 0.800 bits per heavy atom. The van der Waals surface area contributed by atoms with Gasteiger partial charge in [0.1, 0.15) is 5.82 Å². The molecule has 0 aliphatic heterocycles. The van der Waals surface area contributed by atoms with Crippen molar-refractivity contribution in [1.29, 1.82) is 0 Å². The Kier molecular flexibility index (Phi) is 6.72. The highest BCUT2D eigenvalue weighted by molar-refractivity contribution is 7.99. The van der Waals surface area contributed by atoms with Crippen molar-refractivity contribution in [3.63, 3.8) is 0 Å². The standard InChI is InChI=1S/C25H23N3OS/c29-23(21-13-6-2-7-14-21)17-10-18-30-25-27-26-24(19-20-11-4-1-5-12-20)28(25)22-15-8-3-9-16-22/h1-9,11-16H,10,17-19H2. The molecule has 0 unspecified atom stereocenters. The summed E-state index contributed by atoms with van der Waals surface area (Å²) >= 11 is 1.65. The number of Topliss-reactive ketones (excluding diaryl/α,β-unsaturated/α-hetero) is 1. The third kappa shape index (κ3) is 5.05. The number of para-hydroxylation sites is 1. The number of hydrogen-bond donors (Lipinski definition) is 0. The van der Waals surface area contributed by atoms with Gasteiger partial charge in [-0.3, -0.25) is 9.36 Å². The number of carbonyl (C=O) groups is 1. The molecular weight excluding hydrogens is 390 g/mol. The first kappa shape index (κ1) is 20.1. The number of nitrogens with zero attached hydrogens (tertiary/aromatic N) is 3. The minimum Gasteiger partial charge on any atom is -0.294 e. The van der Waals surface area contributed by atoms with E-state index in [4.69, 9.17) is 0 Å². The summed E-state index contributed by atoms with van der Waals surface area (Å²) in [6.45, 7) is 0. The van der Waals surface area contributed by atoms with Gasteiger partial charge in [-0.25, -0.2) is 0 Å². The lowest BCUT2D eigenvalue weighted by atomic mass is 10.1. The summed E-state index contributed by atoms with van der Waals surface area (Å²) in [7, 11) is 0. The second-order valence-electron chi connectivity index (χ2n) is 6.97. The molecule has 0 atom stereocenters. The topological polar surface area (TPSA) is 47.8 Å². The molecule has 0 saturated carbocycles. The van der Waals surface area contributed by atoms with Crippen LogP contribution in [0.4, 0.5) is 0 Å². The lowest BCUT2D eigenvalue weighted by Gasteiger charge is -2.10. The van der Waals surface area contributed by atoms with E-state index in [9.17, 15) is 4.79 Å². The van der Waals surface area contributed by atoms with E-state index in [0.717, 1.165) is 40.8 Å². The predicted molar refractivity (Wildman–Crippen MR) is 121 cm³/mol. The smallest absolute Gasteiger partial charge is 0.195 e. The maximum Gasteiger partial charge on any atom is 0.195 e. The summed E-state index contributed by atoms with van der Waals surface area (Å²) in [5, 5.41) is 9.79. The van der Waals surface area contributed by atoms with Gasteiger partial charge < -0.3 is 0 Å². The highest BCUT2D eigenvalue weighted by Crippen LogP contribution is 2.24. The monoisotopic (exact) mass is 413 g/mol. The Balaban J connectivity index is 1.45. The minimum atomic E-state index is 0.186. The summed E-state index contributed by atoms with van der Waals surface area (Å²) in [5.41, 5.74) is 3.03. The molecule has 1 heterocycles. The lowest BCUT2D eigenvalue weighted by Crippen LogP contribution is -2.04. The van der Waals surface area contributed by atoms with Crippen molar-refractivity contribution in [2.75, 3.05) is 5.75 Å². The quantitative estimate of drug-likeness (QED) is 0.203. The molecule has 4 aromatic rings. The molecule has 30 heavy (non-hydrogen) atoms. The highest BCUT2D eigenvalue weighted by atomic mass is 32.2. The van der Waals surface area contributed by atoms with E-state index in [2.05, 4.69) is 39.0 Å². The summed E-state index contributed by atoms with van der Waals surface area (Å²) in [6, 6.07) is 30.0. The molecule has 4 nitrogen and oxygen atoms in total. The van der Waals surface area contributed by atoms with E-state index in [1.54, 1.807) is 11.8 Å². The van der Waals surface area contributed by atoms with Gasteiger partial charge in [-0.15, -0.1) is 10.2 Å². The third-order valence-electron chi connectivity index (χ3n) is 4.79. The Morgan fingerprint density at radius 2 is 1.43 bits per heavy atom. The molecular formula is C25H23N3OS. The van der Waals surface area contributed by atoms with Crippen LogP contribution in [0, 0.1) is 0 Å². The molecule has 0 amide bonds. The average molecular weight is 414 g/mol. The van der Waals surface area contributed by atoms with E-state index in [-0.39, 0.29) is 5.78 Å². The molecule has 4 rings (SSSR count). The van der Waals surface area contributed by atoms with Gasteiger partial charge in [0.25, 0.3) is 0 Å². The van der Waals surface area contributed by atoms with E-state index in [0.29, 0.717) is 6.42 Å². The molecule has 0 spiro atoms. The second kappa shape index (κ2) is 10.0. The number of aromatic nitrogens is 3. The van der Waals surface area contributed by atoms with Crippen LogP contribution in [0.1, 0.15) is 34.6 Å². The molecule has 0 bridgehead atoms. The SMILES string of the molecule is O=C(CCCSc1nnc(Cc2ccccc2)n1-c1ccccc1)c1ccccc1. The fourth-order valence-electron chi connectivity index (χ4n) is 3.29. The van der Waals surface area contributed by atoms with Gasteiger partial charge >= 0.3 is 0 Å². The molecule has 0 N–H and O–H groups in total. The normalized spacial score (nSPS) is 10.8. The number of ketones is 1. The van der Waals surface area contributed by atoms with Gasteiger partial charge in [-0.05, 0) is 24.1 Å². The van der Waals surface area contributed by atoms with Crippen LogP contribution in [0.15, 0.2) is 96.2 Å². The van der Waals surface area contributed by atoms with Crippen LogP contribution in [-0.4, -0.2) is 26.3 Å². The van der Waals surface area contributed by atoms with Gasteiger partial charge in [0, 0.05) is 29.8 Å². The van der Waals surface area contributed by atoms with Gasteiger partial charge in [0.2, 0.25) is 0 Å². The number of rotatable bonds is 9. The predicted octanol–water partition coefficient (Wildman–Crippen LogP) is 5.61. The van der Waals surface area contributed by atoms with Gasteiger partial charge in [-0.2, -0.15) is 0 Å². The molecule has 0 aliphatic carbocycles. The molecule has 0 fully saturated rings. The zero-order valence-electron chi connectivity index (χ0n) is 16.6. The van der Waals surface area contributed by atoms with Crippen LogP contribution in [0.2, 0.25) is 0 Å². The number of carbonyl (C=O) groups excluding carboxylic acids is 1. The fourth-order valence-corrected chi connectivity index (χ4v) is 4.20.